The molecule has 2 aliphatic rings. The molecule has 2 aliphatic carbocycles. The van der Waals surface area contributed by atoms with Gasteiger partial charge in [0, 0.05) is 25.3 Å². The Kier molecular flexibility index (Phi) is 8.79. The predicted octanol–water partition coefficient (Wildman–Crippen LogP) is 5.30. The van der Waals surface area contributed by atoms with Crippen LogP contribution < -0.4 is 4.74 Å². The summed E-state index contributed by atoms with van der Waals surface area (Å²) in [6.45, 7) is 3.72. The van der Waals surface area contributed by atoms with Crippen LogP contribution in [0.25, 0.3) is 0 Å². The lowest BCUT2D eigenvalue weighted by atomic mass is 9.86. The maximum Gasteiger partial charge on any atom is 0.314 e. The predicted molar refractivity (Wildman–Crippen MR) is 110 cm³/mol. The van der Waals surface area contributed by atoms with Crippen LogP contribution >= 0.6 is 0 Å². The molecular weight excluding hydrogens is 404 g/mol. The third-order valence-corrected chi connectivity index (χ3v) is 6.27. The number of ether oxygens (including phenoxy) is 3. The molecule has 31 heavy (non-hydrogen) atoms. The first-order valence-corrected chi connectivity index (χ1v) is 11.3. The summed E-state index contributed by atoms with van der Waals surface area (Å²) in [5.74, 6) is -2.51. The number of rotatable bonds is 8. The average molecular weight is 436 g/mol. The second-order valence-corrected chi connectivity index (χ2v) is 8.62. The summed E-state index contributed by atoms with van der Waals surface area (Å²) in [7, 11) is 0. The highest BCUT2D eigenvalue weighted by Gasteiger charge is 2.30. The van der Waals surface area contributed by atoms with Crippen molar-refractivity contribution in [1.82, 2.24) is 0 Å². The summed E-state index contributed by atoms with van der Waals surface area (Å²) in [5.41, 5.74) is -0.681. The Hall–Kier alpha value is -2.04. The molecule has 3 rings (SSSR count). The molecular formula is C24H31F2NO4. The summed E-state index contributed by atoms with van der Waals surface area (Å²) in [5, 5.41) is 8.72. The molecule has 5 nitrogen and oxygen atoms in total. The Morgan fingerprint density at radius 3 is 2.16 bits per heavy atom. The van der Waals surface area contributed by atoms with Crippen LogP contribution in [0.4, 0.5) is 8.78 Å². The fourth-order valence-corrected chi connectivity index (χ4v) is 4.40. The van der Waals surface area contributed by atoms with Gasteiger partial charge in [0.2, 0.25) is 0 Å². The fraction of sp³-hybridized carbons (Fsp3) is 0.667. The number of esters is 1. The minimum absolute atomic E-state index is 0.142. The summed E-state index contributed by atoms with van der Waals surface area (Å²) < 4.78 is 44.5. The van der Waals surface area contributed by atoms with Crippen molar-refractivity contribution in [2.45, 2.75) is 76.9 Å². The molecule has 0 aromatic heterocycles. The normalized spacial score (nSPS) is 26.3. The molecule has 0 unspecified atom stereocenters. The van der Waals surface area contributed by atoms with Crippen LogP contribution in [0.2, 0.25) is 0 Å². The van der Waals surface area contributed by atoms with Crippen LogP contribution in [-0.4, -0.2) is 31.4 Å². The lowest BCUT2D eigenvalue weighted by molar-refractivity contribution is -0.141. The topological polar surface area (TPSA) is 68.6 Å². The third kappa shape index (κ3) is 6.72. The SMILES string of the molecule is CCCOC1CCC(COC2CCC(C(=O)Oc3cc(F)c(C#N)c(F)c3)CC2)CC1. The van der Waals surface area contributed by atoms with Gasteiger partial charge < -0.3 is 14.2 Å². The van der Waals surface area contributed by atoms with Crippen molar-refractivity contribution in [2.75, 3.05) is 13.2 Å². The maximum absolute atomic E-state index is 13.7. The van der Waals surface area contributed by atoms with Gasteiger partial charge in [0.15, 0.2) is 0 Å². The van der Waals surface area contributed by atoms with Crippen LogP contribution in [0, 0.1) is 34.8 Å². The number of halogens is 2. The zero-order valence-electron chi connectivity index (χ0n) is 18.1. The standard InChI is InChI=1S/C24H31F2NO4/c1-2-11-29-18-7-3-16(4-8-18)15-30-19-9-5-17(6-10-19)24(28)31-20-12-22(25)21(14-27)23(26)13-20/h12-13,16-19H,2-11,15H2,1H3. The van der Waals surface area contributed by atoms with E-state index in [0.717, 1.165) is 70.3 Å². The Bertz CT molecular complexity index is 755. The van der Waals surface area contributed by atoms with E-state index in [4.69, 9.17) is 19.5 Å². The van der Waals surface area contributed by atoms with Crippen molar-refractivity contribution in [1.29, 1.82) is 5.26 Å². The Balaban J connectivity index is 1.37. The zero-order chi connectivity index (χ0) is 22.2. The average Bonchev–Trinajstić information content (AvgIpc) is 2.77. The van der Waals surface area contributed by atoms with Crippen LogP contribution in [0.15, 0.2) is 12.1 Å². The van der Waals surface area contributed by atoms with Crippen molar-refractivity contribution < 1.29 is 27.8 Å². The smallest absolute Gasteiger partial charge is 0.314 e. The number of nitriles is 1. The van der Waals surface area contributed by atoms with Crippen molar-refractivity contribution in [3.63, 3.8) is 0 Å². The number of hydrogen-bond acceptors (Lipinski definition) is 5. The van der Waals surface area contributed by atoms with Crippen LogP contribution in [0.3, 0.4) is 0 Å². The van der Waals surface area contributed by atoms with Gasteiger partial charge >= 0.3 is 5.97 Å². The van der Waals surface area contributed by atoms with E-state index < -0.39 is 23.2 Å². The highest BCUT2D eigenvalue weighted by molar-refractivity contribution is 5.75. The van der Waals surface area contributed by atoms with Gasteiger partial charge in [-0.05, 0) is 63.7 Å². The van der Waals surface area contributed by atoms with Crippen molar-refractivity contribution >= 4 is 5.97 Å². The molecule has 0 bridgehead atoms. The first kappa shape index (κ1) is 23.6. The summed E-state index contributed by atoms with van der Waals surface area (Å²) >= 11 is 0. The van der Waals surface area contributed by atoms with E-state index >= 15 is 0 Å². The van der Waals surface area contributed by atoms with Gasteiger partial charge in [-0.1, -0.05) is 6.92 Å². The quantitative estimate of drug-likeness (QED) is 0.409. The highest BCUT2D eigenvalue weighted by atomic mass is 19.1. The van der Waals surface area contributed by atoms with Gasteiger partial charge in [-0.3, -0.25) is 4.79 Å². The minimum atomic E-state index is -1.03. The molecule has 0 spiro atoms. The van der Waals surface area contributed by atoms with Gasteiger partial charge in [-0.2, -0.15) is 5.26 Å². The van der Waals surface area contributed by atoms with E-state index in [1.54, 1.807) is 0 Å². The summed E-state index contributed by atoms with van der Waals surface area (Å²) in [6.07, 6.45) is 8.85. The lowest BCUT2D eigenvalue weighted by Gasteiger charge is -2.31. The van der Waals surface area contributed by atoms with Gasteiger partial charge in [-0.15, -0.1) is 0 Å². The second kappa shape index (κ2) is 11.5. The lowest BCUT2D eigenvalue weighted by Crippen LogP contribution is -2.31. The molecule has 2 fully saturated rings. The summed E-state index contributed by atoms with van der Waals surface area (Å²) in [6, 6.07) is 3.19. The van der Waals surface area contributed by atoms with Crippen LogP contribution in [0.1, 0.15) is 70.3 Å². The fourth-order valence-electron chi connectivity index (χ4n) is 4.40. The molecule has 0 saturated heterocycles. The molecule has 0 aliphatic heterocycles. The third-order valence-electron chi connectivity index (χ3n) is 6.27. The van der Waals surface area contributed by atoms with Crippen molar-refractivity contribution in [3.8, 4) is 11.8 Å². The maximum atomic E-state index is 13.7. The number of carbonyl (C=O) groups excluding carboxylic acids is 1. The molecule has 2 saturated carbocycles. The highest BCUT2D eigenvalue weighted by Crippen LogP contribution is 2.31. The van der Waals surface area contributed by atoms with Gasteiger partial charge in [0.1, 0.15) is 29.0 Å². The van der Waals surface area contributed by atoms with Crippen LogP contribution in [0.5, 0.6) is 5.75 Å². The molecule has 0 radical (unpaired) electrons. The second-order valence-electron chi connectivity index (χ2n) is 8.62. The molecule has 0 amide bonds. The molecule has 1 aromatic rings. The van der Waals surface area contributed by atoms with E-state index in [0.29, 0.717) is 24.9 Å². The van der Waals surface area contributed by atoms with Crippen molar-refractivity contribution in [2.24, 2.45) is 11.8 Å². The van der Waals surface area contributed by atoms with E-state index in [1.807, 2.05) is 0 Å². The van der Waals surface area contributed by atoms with Gasteiger partial charge in [-0.25, -0.2) is 8.78 Å². The first-order valence-electron chi connectivity index (χ1n) is 11.3. The number of carbonyl (C=O) groups is 1. The van der Waals surface area contributed by atoms with Gasteiger partial charge in [0.25, 0.3) is 0 Å². The number of benzene rings is 1. The molecule has 170 valence electrons. The van der Waals surface area contributed by atoms with Crippen molar-refractivity contribution in [3.05, 3.63) is 29.3 Å². The molecule has 7 heteroatoms. The van der Waals surface area contributed by atoms with E-state index in [9.17, 15) is 13.6 Å². The van der Waals surface area contributed by atoms with E-state index in [-0.39, 0.29) is 17.8 Å². The molecule has 0 N–H and O–H groups in total. The minimum Gasteiger partial charge on any atom is -0.426 e. The largest absolute Gasteiger partial charge is 0.426 e. The Morgan fingerprint density at radius 2 is 1.58 bits per heavy atom. The van der Waals surface area contributed by atoms with Crippen LogP contribution in [-0.2, 0) is 14.3 Å². The Morgan fingerprint density at radius 1 is 1.00 bits per heavy atom. The first-order chi connectivity index (χ1) is 15.0. The zero-order valence-corrected chi connectivity index (χ0v) is 18.1. The molecule has 0 heterocycles. The number of hydrogen-bond donors (Lipinski definition) is 0. The van der Waals surface area contributed by atoms with E-state index in [1.165, 1.54) is 6.07 Å². The molecule has 0 atom stereocenters. The monoisotopic (exact) mass is 435 g/mol. The number of nitrogens with zero attached hydrogens (tertiary/aromatic N) is 1. The van der Waals surface area contributed by atoms with E-state index in [2.05, 4.69) is 6.92 Å². The van der Waals surface area contributed by atoms with Gasteiger partial charge in [0.05, 0.1) is 18.1 Å². The summed E-state index contributed by atoms with van der Waals surface area (Å²) in [4.78, 5) is 12.4. The molecule has 1 aromatic carbocycles. The Labute approximate surface area is 182 Å².